The van der Waals surface area contributed by atoms with Crippen molar-refractivity contribution < 1.29 is 19.4 Å². The fourth-order valence-corrected chi connectivity index (χ4v) is 3.54. The molecular formula is C19H17NO4. The number of nitrogens with zero attached hydrogens (tertiary/aromatic N) is 1. The van der Waals surface area contributed by atoms with Crippen LogP contribution < -0.4 is 4.74 Å². The number of hydrogen-bond acceptors (Lipinski definition) is 3. The highest BCUT2D eigenvalue weighted by Crippen LogP contribution is 2.36. The number of amides is 1. The Morgan fingerprint density at radius 3 is 2.54 bits per heavy atom. The third-order valence-electron chi connectivity index (χ3n) is 4.81. The molecule has 2 atom stereocenters. The first-order valence-corrected chi connectivity index (χ1v) is 7.97. The minimum absolute atomic E-state index is 0.179. The standard InChI is InChI=1S/C19H17NO4/c21-18(15-11-24-17-8-4-3-7-14(15)17)20-10-13-6-2-1-5-12(13)9-16(20)19(22)23/h1-8,15-16H,9-11H2,(H,22,23). The van der Waals surface area contributed by atoms with E-state index in [9.17, 15) is 14.7 Å². The molecule has 1 N–H and O–H groups in total. The zero-order chi connectivity index (χ0) is 16.7. The molecule has 0 saturated heterocycles. The Balaban J connectivity index is 1.67. The first-order chi connectivity index (χ1) is 11.6. The van der Waals surface area contributed by atoms with E-state index >= 15 is 0 Å². The van der Waals surface area contributed by atoms with E-state index in [-0.39, 0.29) is 12.5 Å². The fraction of sp³-hybridized carbons (Fsp3) is 0.263. The number of carboxylic acid groups (broad SMARTS) is 1. The van der Waals surface area contributed by atoms with Crippen LogP contribution in [0.15, 0.2) is 48.5 Å². The second-order valence-corrected chi connectivity index (χ2v) is 6.19. The Morgan fingerprint density at radius 1 is 1.04 bits per heavy atom. The Kier molecular flexibility index (Phi) is 3.49. The van der Waals surface area contributed by atoms with Crippen molar-refractivity contribution in [3.05, 3.63) is 65.2 Å². The van der Waals surface area contributed by atoms with E-state index < -0.39 is 17.9 Å². The highest BCUT2D eigenvalue weighted by Gasteiger charge is 2.40. The molecule has 4 rings (SSSR count). The highest BCUT2D eigenvalue weighted by molar-refractivity contribution is 5.90. The van der Waals surface area contributed by atoms with Crippen molar-refractivity contribution in [2.75, 3.05) is 6.61 Å². The van der Waals surface area contributed by atoms with Gasteiger partial charge in [-0.05, 0) is 17.2 Å². The number of aliphatic carboxylic acids is 1. The first kappa shape index (κ1) is 14.8. The maximum Gasteiger partial charge on any atom is 0.326 e. The first-order valence-electron chi connectivity index (χ1n) is 7.97. The Bertz CT molecular complexity index is 817. The molecule has 2 aromatic carbocycles. The number of carbonyl (C=O) groups is 2. The second kappa shape index (κ2) is 5.67. The molecule has 2 aliphatic rings. The Labute approximate surface area is 139 Å². The van der Waals surface area contributed by atoms with Crippen molar-refractivity contribution in [3.8, 4) is 5.75 Å². The third kappa shape index (κ3) is 2.33. The summed E-state index contributed by atoms with van der Waals surface area (Å²) < 4.78 is 5.59. The maximum atomic E-state index is 13.1. The molecule has 5 nitrogen and oxygen atoms in total. The minimum Gasteiger partial charge on any atom is -0.492 e. The van der Waals surface area contributed by atoms with Crippen LogP contribution in [0, 0.1) is 0 Å². The lowest BCUT2D eigenvalue weighted by atomic mass is 9.91. The fourth-order valence-electron chi connectivity index (χ4n) is 3.54. The van der Waals surface area contributed by atoms with Gasteiger partial charge in [-0.2, -0.15) is 0 Å². The van der Waals surface area contributed by atoms with Gasteiger partial charge in [-0.15, -0.1) is 0 Å². The van der Waals surface area contributed by atoms with Gasteiger partial charge in [0.15, 0.2) is 0 Å². The van der Waals surface area contributed by atoms with Gasteiger partial charge in [0.05, 0.1) is 0 Å². The van der Waals surface area contributed by atoms with E-state index in [0.29, 0.717) is 18.7 Å². The summed E-state index contributed by atoms with van der Waals surface area (Å²) in [7, 11) is 0. The number of carbonyl (C=O) groups excluding carboxylic acids is 1. The van der Waals surface area contributed by atoms with Crippen LogP contribution in [0.1, 0.15) is 22.6 Å². The number of fused-ring (bicyclic) bond motifs is 2. The second-order valence-electron chi connectivity index (χ2n) is 6.19. The van der Waals surface area contributed by atoms with Gasteiger partial charge in [-0.25, -0.2) is 4.79 Å². The monoisotopic (exact) mass is 323 g/mol. The van der Waals surface area contributed by atoms with Gasteiger partial charge in [-0.3, -0.25) is 4.79 Å². The molecule has 2 heterocycles. The van der Waals surface area contributed by atoms with Gasteiger partial charge in [-0.1, -0.05) is 42.5 Å². The molecule has 5 heteroatoms. The van der Waals surface area contributed by atoms with Gasteiger partial charge in [0.25, 0.3) is 0 Å². The van der Waals surface area contributed by atoms with Crippen molar-refractivity contribution in [3.63, 3.8) is 0 Å². The minimum atomic E-state index is -0.968. The van der Waals surface area contributed by atoms with Crippen LogP contribution in [0.2, 0.25) is 0 Å². The zero-order valence-corrected chi connectivity index (χ0v) is 13.0. The number of hydrogen-bond donors (Lipinski definition) is 1. The van der Waals surface area contributed by atoms with E-state index in [4.69, 9.17) is 4.74 Å². The van der Waals surface area contributed by atoms with E-state index in [0.717, 1.165) is 16.7 Å². The van der Waals surface area contributed by atoms with Gasteiger partial charge in [0.1, 0.15) is 24.3 Å². The average molecular weight is 323 g/mol. The molecule has 0 radical (unpaired) electrons. The normalized spacial score (nSPS) is 21.6. The lowest BCUT2D eigenvalue weighted by Crippen LogP contribution is -2.50. The van der Waals surface area contributed by atoms with Gasteiger partial charge < -0.3 is 14.7 Å². The molecule has 0 aromatic heterocycles. The van der Waals surface area contributed by atoms with Crippen LogP contribution >= 0.6 is 0 Å². The molecule has 0 fully saturated rings. The van der Waals surface area contributed by atoms with Crippen LogP contribution in [0.25, 0.3) is 0 Å². The third-order valence-corrected chi connectivity index (χ3v) is 4.81. The SMILES string of the molecule is O=C(O)C1Cc2ccccc2CN1C(=O)C1COc2ccccc21. The summed E-state index contributed by atoms with van der Waals surface area (Å²) in [6.07, 6.45) is 0.340. The van der Waals surface area contributed by atoms with Gasteiger partial charge in [0.2, 0.25) is 5.91 Å². The highest BCUT2D eigenvalue weighted by atomic mass is 16.5. The molecule has 122 valence electrons. The number of rotatable bonds is 2. The Morgan fingerprint density at radius 2 is 1.75 bits per heavy atom. The lowest BCUT2D eigenvalue weighted by molar-refractivity contribution is -0.152. The summed E-state index contributed by atoms with van der Waals surface area (Å²) in [5.74, 6) is -0.875. The van der Waals surface area contributed by atoms with Crippen LogP contribution in [-0.2, 0) is 22.6 Å². The van der Waals surface area contributed by atoms with Crippen molar-refractivity contribution in [1.82, 2.24) is 4.90 Å². The Hall–Kier alpha value is -2.82. The molecule has 0 spiro atoms. The van der Waals surface area contributed by atoms with Crippen molar-refractivity contribution in [2.45, 2.75) is 24.9 Å². The summed E-state index contributed by atoms with van der Waals surface area (Å²) in [5.41, 5.74) is 2.85. The summed E-state index contributed by atoms with van der Waals surface area (Å²) in [6, 6.07) is 14.3. The van der Waals surface area contributed by atoms with E-state index in [2.05, 4.69) is 0 Å². The molecule has 0 saturated carbocycles. The van der Waals surface area contributed by atoms with Crippen LogP contribution in [0.4, 0.5) is 0 Å². The quantitative estimate of drug-likeness (QED) is 0.920. The van der Waals surface area contributed by atoms with Gasteiger partial charge >= 0.3 is 5.97 Å². The van der Waals surface area contributed by atoms with Crippen LogP contribution in [0.5, 0.6) is 5.75 Å². The van der Waals surface area contributed by atoms with Crippen LogP contribution in [-0.4, -0.2) is 34.5 Å². The van der Waals surface area contributed by atoms with E-state index in [1.165, 1.54) is 4.90 Å². The number of benzene rings is 2. The zero-order valence-electron chi connectivity index (χ0n) is 13.0. The topological polar surface area (TPSA) is 66.8 Å². The van der Waals surface area contributed by atoms with E-state index in [1.807, 2.05) is 48.5 Å². The molecule has 0 aliphatic carbocycles. The maximum absolute atomic E-state index is 13.1. The number of carboxylic acids is 1. The van der Waals surface area contributed by atoms with Crippen molar-refractivity contribution in [1.29, 1.82) is 0 Å². The molecule has 0 bridgehead atoms. The molecular weight excluding hydrogens is 306 g/mol. The van der Waals surface area contributed by atoms with Crippen molar-refractivity contribution in [2.24, 2.45) is 0 Å². The predicted octanol–water partition coefficient (Wildman–Crippen LogP) is 2.20. The molecule has 2 aliphatic heterocycles. The number of ether oxygens (including phenoxy) is 1. The summed E-state index contributed by atoms with van der Waals surface area (Å²) >= 11 is 0. The summed E-state index contributed by atoms with van der Waals surface area (Å²) in [6.45, 7) is 0.591. The molecule has 24 heavy (non-hydrogen) atoms. The molecule has 2 aromatic rings. The number of para-hydroxylation sites is 1. The average Bonchev–Trinajstić information content (AvgIpc) is 3.04. The summed E-state index contributed by atoms with van der Waals surface area (Å²) in [4.78, 5) is 26.3. The molecule has 2 unspecified atom stereocenters. The smallest absolute Gasteiger partial charge is 0.326 e. The summed E-state index contributed by atoms with van der Waals surface area (Å²) in [5, 5.41) is 9.60. The molecule has 1 amide bonds. The van der Waals surface area contributed by atoms with Gasteiger partial charge in [0, 0.05) is 18.5 Å². The largest absolute Gasteiger partial charge is 0.492 e. The predicted molar refractivity (Wildman–Crippen MR) is 86.8 cm³/mol. The lowest BCUT2D eigenvalue weighted by Gasteiger charge is -2.35. The van der Waals surface area contributed by atoms with Crippen molar-refractivity contribution >= 4 is 11.9 Å². The van der Waals surface area contributed by atoms with Crippen LogP contribution in [0.3, 0.4) is 0 Å². The van der Waals surface area contributed by atoms with E-state index in [1.54, 1.807) is 0 Å².